The summed E-state index contributed by atoms with van der Waals surface area (Å²) in [7, 11) is 0. The van der Waals surface area contributed by atoms with Crippen molar-refractivity contribution in [2.45, 2.75) is 45.5 Å². The molecule has 2 atom stereocenters. The van der Waals surface area contributed by atoms with Crippen LogP contribution in [0.2, 0.25) is 0 Å². The molecule has 0 amide bonds. The maximum absolute atomic E-state index is 12.3. The van der Waals surface area contributed by atoms with E-state index in [9.17, 15) is 13.2 Å². The molecule has 1 N–H and O–H groups in total. The van der Waals surface area contributed by atoms with Gasteiger partial charge in [0.05, 0.1) is 0 Å². The van der Waals surface area contributed by atoms with Crippen LogP contribution in [-0.2, 0) is 16.5 Å². The first-order chi connectivity index (χ1) is 6.84. The summed E-state index contributed by atoms with van der Waals surface area (Å²) >= 11 is -0.390. The van der Waals surface area contributed by atoms with Crippen molar-refractivity contribution >= 4 is 0 Å². The second-order valence-electron chi connectivity index (χ2n) is 3.25. The first-order valence-electron chi connectivity index (χ1n) is 4.95. The summed E-state index contributed by atoms with van der Waals surface area (Å²) in [6.45, 7) is 5.85. The van der Waals surface area contributed by atoms with Crippen LogP contribution in [-0.4, -0.2) is 37.5 Å². The molecule has 2 unspecified atom stereocenters. The number of hydrogen-bond acceptors (Lipinski definition) is 2. The molecule has 0 aromatic carbocycles. The Labute approximate surface area is 115 Å². The van der Waals surface area contributed by atoms with Gasteiger partial charge in [-0.25, -0.2) is 0 Å². The fraction of sp³-hybridized carbons (Fsp3) is 1.00. The Balaban J connectivity index is 0. The Hall–Kier alpha value is 0.934. The van der Waals surface area contributed by atoms with Gasteiger partial charge in [-0.3, -0.25) is 0 Å². The molecule has 0 spiro atoms. The zero-order chi connectivity index (χ0) is 12.1. The Morgan fingerprint density at radius 3 is 2.12 bits per heavy atom. The van der Waals surface area contributed by atoms with Crippen molar-refractivity contribution in [1.82, 2.24) is 3.11 Å². The Bertz CT molecular complexity index is 183. The molecule has 0 rings (SSSR count). The van der Waals surface area contributed by atoms with Gasteiger partial charge in [-0.15, -0.1) is 0 Å². The van der Waals surface area contributed by atoms with Crippen LogP contribution in [0.15, 0.2) is 0 Å². The summed E-state index contributed by atoms with van der Waals surface area (Å²) < 4.78 is 39.5. The van der Waals surface area contributed by atoms with Gasteiger partial charge in [-0.05, 0) is 0 Å². The summed E-state index contributed by atoms with van der Waals surface area (Å²) in [5, 5.41) is 9.11. The number of hydrogen-bond donors (Lipinski definition) is 1. The third kappa shape index (κ3) is 6.62. The predicted molar refractivity (Wildman–Crippen MR) is 49.1 cm³/mol. The van der Waals surface area contributed by atoms with Crippen molar-refractivity contribution in [2.75, 3.05) is 11.0 Å². The van der Waals surface area contributed by atoms with Crippen molar-refractivity contribution in [2.24, 2.45) is 0 Å². The Morgan fingerprint density at radius 2 is 1.81 bits per heavy atom. The summed E-state index contributed by atoms with van der Waals surface area (Å²) in [6, 6.07) is -0.825. The molecule has 7 heteroatoms. The van der Waals surface area contributed by atoms with E-state index in [0.29, 0.717) is 6.54 Å². The summed E-state index contributed by atoms with van der Waals surface area (Å²) in [4.78, 5) is 0. The molecule has 2 nitrogen and oxygen atoms in total. The van der Waals surface area contributed by atoms with Crippen molar-refractivity contribution in [3.63, 3.8) is 0 Å². The average molecular weight is 399 g/mol. The van der Waals surface area contributed by atoms with Crippen LogP contribution in [0, 0.1) is 0 Å². The van der Waals surface area contributed by atoms with E-state index in [-0.39, 0.29) is 16.5 Å². The standard InChI is InChI=1S/C9H18F3INO.Ni/c1-4-6-13-14(5-2)7(3)8(15)9(10,11)12;/h7-8,15H,4-6H2,1-3H3;/q-1;. The number of aliphatic hydroxyl groups excluding tert-OH is 1. The number of likely N-dealkylation sites (N-methyl/N-ethyl adjacent to an activating group) is 1. The van der Waals surface area contributed by atoms with Crippen LogP contribution in [0.5, 0.6) is 0 Å². The van der Waals surface area contributed by atoms with Crippen LogP contribution in [0.3, 0.4) is 0 Å². The van der Waals surface area contributed by atoms with Crippen LogP contribution >= 0.6 is 0 Å². The van der Waals surface area contributed by atoms with Gasteiger partial charge < -0.3 is 0 Å². The molecule has 0 aromatic rings. The molecule has 0 bridgehead atoms. The topological polar surface area (TPSA) is 23.5 Å². The van der Waals surface area contributed by atoms with Crippen LogP contribution in [0.25, 0.3) is 0 Å². The molecule has 0 aliphatic heterocycles. The minimum Gasteiger partial charge on any atom is 0 e. The molecular weight excluding hydrogens is 381 g/mol. The minimum atomic E-state index is -4.51. The van der Waals surface area contributed by atoms with E-state index in [1.54, 1.807) is 3.11 Å². The van der Waals surface area contributed by atoms with Gasteiger partial charge in [0.25, 0.3) is 0 Å². The number of nitrogens with zero attached hydrogens (tertiary/aromatic N) is 1. The third-order valence-corrected chi connectivity index (χ3v) is 5.96. The molecule has 0 fully saturated rings. The second-order valence-corrected chi connectivity index (χ2v) is 6.25. The fourth-order valence-corrected chi connectivity index (χ4v) is 3.61. The Kier molecular flexibility index (Phi) is 10.8. The largest absolute Gasteiger partial charge is 0 e. The summed E-state index contributed by atoms with van der Waals surface area (Å²) in [5.41, 5.74) is 0. The smallest absolute Gasteiger partial charge is 0 e. The molecule has 0 saturated heterocycles. The molecule has 0 aliphatic rings. The first-order valence-corrected chi connectivity index (χ1v) is 7.44. The molecule has 104 valence electrons. The SMILES string of the molecule is CCC[I-]N(CC)C(C)C(O)C(F)(F)F.[Ni]. The van der Waals surface area contributed by atoms with Crippen LogP contribution < -0.4 is 21.5 Å². The van der Waals surface area contributed by atoms with Gasteiger partial charge in [0.15, 0.2) is 0 Å². The van der Waals surface area contributed by atoms with Crippen molar-refractivity contribution in [1.29, 1.82) is 0 Å². The fourth-order valence-electron chi connectivity index (χ4n) is 1.10. The van der Waals surface area contributed by atoms with Gasteiger partial charge in [0.1, 0.15) is 0 Å². The molecule has 0 aliphatic carbocycles. The van der Waals surface area contributed by atoms with Crippen LogP contribution in [0.4, 0.5) is 13.2 Å². The maximum Gasteiger partial charge on any atom is 0 e. The monoisotopic (exact) mass is 398 g/mol. The molecular formula is C9H18F3INNiO-. The van der Waals surface area contributed by atoms with E-state index in [0.717, 1.165) is 10.8 Å². The number of rotatable bonds is 6. The number of alkyl halides is 4. The van der Waals surface area contributed by atoms with Gasteiger partial charge in [-0.2, -0.15) is 0 Å². The molecule has 0 heterocycles. The zero-order valence-electron chi connectivity index (χ0n) is 9.50. The predicted octanol–water partition coefficient (Wildman–Crippen LogP) is -0.968. The average Bonchev–Trinajstić information content (AvgIpc) is 2.16. The second kappa shape index (κ2) is 8.94. The molecule has 16 heavy (non-hydrogen) atoms. The van der Waals surface area contributed by atoms with Crippen molar-refractivity contribution in [3.05, 3.63) is 0 Å². The van der Waals surface area contributed by atoms with E-state index >= 15 is 0 Å². The van der Waals surface area contributed by atoms with Gasteiger partial charge in [-0.1, -0.05) is 0 Å². The van der Waals surface area contributed by atoms with E-state index in [1.807, 2.05) is 13.8 Å². The Morgan fingerprint density at radius 1 is 1.31 bits per heavy atom. The molecule has 0 radical (unpaired) electrons. The third-order valence-electron chi connectivity index (χ3n) is 1.96. The zero-order valence-corrected chi connectivity index (χ0v) is 12.6. The van der Waals surface area contributed by atoms with Crippen LogP contribution in [0.1, 0.15) is 27.2 Å². The van der Waals surface area contributed by atoms with E-state index in [1.165, 1.54) is 6.92 Å². The van der Waals surface area contributed by atoms with E-state index in [2.05, 4.69) is 0 Å². The minimum absolute atomic E-state index is 0. The van der Waals surface area contributed by atoms with Gasteiger partial charge in [0.2, 0.25) is 0 Å². The first kappa shape index (κ1) is 19.3. The van der Waals surface area contributed by atoms with Crippen molar-refractivity contribution in [3.8, 4) is 0 Å². The summed E-state index contributed by atoms with van der Waals surface area (Å²) in [6.07, 6.45) is -5.75. The van der Waals surface area contributed by atoms with E-state index in [4.69, 9.17) is 5.11 Å². The normalized spacial score (nSPS) is 16.0. The molecule has 0 aromatic heterocycles. The maximum atomic E-state index is 12.3. The van der Waals surface area contributed by atoms with Gasteiger partial charge >= 0.3 is 99.4 Å². The quantitative estimate of drug-likeness (QED) is 0.269. The molecule has 0 saturated carbocycles. The van der Waals surface area contributed by atoms with E-state index < -0.39 is 39.8 Å². The number of aliphatic hydroxyl groups is 1. The van der Waals surface area contributed by atoms with Gasteiger partial charge in [0, 0.05) is 16.5 Å². The number of halogens is 4. The van der Waals surface area contributed by atoms with Crippen molar-refractivity contribution < 1.29 is 56.2 Å². The summed E-state index contributed by atoms with van der Waals surface area (Å²) in [5.74, 6) is 0.